The summed E-state index contributed by atoms with van der Waals surface area (Å²) in [6, 6.07) is 10.3. The van der Waals surface area contributed by atoms with Crippen LogP contribution in [0.5, 0.6) is 0 Å². The first kappa shape index (κ1) is 21.6. The van der Waals surface area contributed by atoms with Crippen LogP contribution in [0.25, 0.3) is 0 Å². The number of ether oxygens (including phenoxy) is 1. The van der Waals surface area contributed by atoms with E-state index in [1.807, 2.05) is 29.4 Å². The molecule has 1 aliphatic heterocycles. The third-order valence-electron chi connectivity index (χ3n) is 4.86. The molecule has 1 amide bonds. The third-order valence-corrected chi connectivity index (χ3v) is 5.82. The van der Waals surface area contributed by atoms with E-state index in [-0.39, 0.29) is 11.9 Å². The zero-order chi connectivity index (χ0) is 20.8. The number of carbonyl (C=O) groups is 2. The van der Waals surface area contributed by atoms with E-state index in [0.29, 0.717) is 43.4 Å². The lowest BCUT2D eigenvalue weighted by atomic mass is 10.0. The smallest absolute Gasteiger partial charge is 0.328 e. The number of carbonyl (C=O) groups excluding carboxylic acids is 2. The van der Waals surface area contributed by atoms with Crippen LogP contribution in [0.2, 0.25) is 5.02 Å². The van der Waals surface area contributed by atoms with Gasteiger partial charge in [0, 0.05) is 37.4 Å². The highest BCUT2D eigenvalue weighted by atomic mass is 35.5. The maximum absolute atomic E-state index is 12.9. The van der Waals surface area contributed by atoms with Crippen LogP contribution in [0.15, 0.2) is 47.6 Å². The van der Waals surface area contributed by atoms with Crippen LogP contribution < -0.4 is 0 Å². The Hall–Kier alpha value is -2.09. The number of hydrogen-bond donors (Lipinski definition) is 0. The molecule has 1 atom stereocenters. The van der Waals surface area contributed by atoms with Crippen LogP contribution in [0, 0.1) is 0 Å². The van der Waals surface area contributed by atoms with Crippen LogP contribution in [0.1, 0.15) is 28.9 Å². The molecular weight excluding hydrogens is 410 g/mol. The molecule has 2 aromatic rings. The van der Waals surface area contributed by atoms with E-state index in [1.165, 1.54) is 11.8 Å². The molecule has 0 saturated carbocycles. The van der Waals surface area contributed by atoms with Crippen LogP contribution in [0.3, 0.4) is 0 Å². The van der Waals surface area contributed by atoms with Crippen molar-refractivity contribution in [1.29, 1.82) is 0 Å². The minimum absolute atomic E-state index is 0.0266. The van der Waals surface area contributed by atoms with Gasteiger partial charge in [0.2, 0.25) is 0 Å². The standard InChI is InChI=1S/C21H24ClN3O3S/c1-3-28-21(27)18(15-6-8-16(22)9-7-15)24-11-13-25(14-12-24)20(26)17-5-4-10-23-19(17)29-2/h4-10,18H,3,11-14H2,1-2H3. The number of benzene rings is 1. The number of piperazine rings is 1. The lowest BCUT2D eigenvalue weighted by Gasteiger charge is -2.38. The largest absolute Gasteiger partial charge is 0.465 e. The summed E-state index contributed by atoms with van der Waals surface area (Å²) < 4.78 is 5.31. The van der Waals surface area contributed by atoms with Gasteiger partial charge in [-0.25, -0.2) is 9.78 Å². The predicted octanol–water partition coefficient (Wildman–Crippen LogP) is 3.52. The first-order valence-corrected chi connectivity index (χ1v) is 11.1. The number of nitrogens with zero attached hydrogens (tertiary/aromatic N) is 3. The zero-order valence-electron chi connectivity index (χ0n) is 16.5. The first-order valence-electron chi connectivity index (χ1n) is 9.49. The number of thioether (sulfide) groups is 1. The highest BCUT2D eigenvalue weighted by Crippen LogP contribution is 2.26. The summed E-state index contributed by atoms with van der Waals surface area (Å²) in [5.74, 6) is -0.312. The fraction of sp³-hybridized carbons (Fsp3) is 0.381. The van der Waals surface area contributed by atoms with Crippen LogP contribution in [-0.4, -0.2) is 65.7 Å². The number of esters is 1. The number of pyridine rings is 1. The Balaban J connectivity index is 1.73. The van der Waals surface area contributed by atoms with Gasteiger partial charge < -0.3 is 9.64 Å². The fourth-order valence-corrected chi connectivity index (χ4v) is 4.10. The molecular formula is C21H24ClN3O3S. The van der Waals surface area contributed by atoms with E-state index in [0.717, 1.165) is 10.6 Å². The van der Waals surface area contributed by atoms with E-state index >= 15 is 0 Å². The molecule has 29 heavy (non-hydrogen) atoms. The van der Waals surface area contributed by atoms with Crippen LogP contribution in [-0.2, 0) is 9.53 Å². The summed E-state index contributed by atoms with van der Waals surface area (Å²) in [5, 5.41) is 1.35. The number of halogens is 1. The summed E-state index contributed by atoms with van der Waals surface area (Å²) >= 11 is 7.46. The molecule has 0 N–H and O–H groups in total. The van der Waals surface area contributed by atoms with Crippen molar-refractivity contribution in [3.8, 4) is 0 Å². The highest BCUT2D eigenvalue weighted by Gasteiger charge is 2.33. The summed E-state index contributed by atoms with van der Waals surface area (Å²) in [6.07, 6.45) is 3.60. The maximum atomic E-state index is 12.9. The van der Waals surface area contributed by atoms with Crippen molar-refractivity contribution < 1.29 is 14.3 Å². The highest BCUT2D eigenvalue weighted by molar-refractivity contribution is 7.98. The topological polar surface area (TPSA) is 62.7 Å². The second-order valence-electron chi connectivity index (χ2n) is 6.59. The summed E-state index contributed by atoms with van der Waals surface area (Å²) in [6.45, 7) is 4.33. The van der Waals surface area contributed by atoms with Gasteiger partial charge in [0.25, 0.3) is 5.91 Å². The molecule has 0 aliphatic carbocycles. The minimum atomic E-state index is -0.510. The van der Waals surface area contributed by atoms with Gasteiger partial charge in [-0.15, -0.1) is 11.8 Å². The quantitative estimate of drug-likeness (QED) is 0.513. The van der Waals surface area contributed by atoms with Crippen LogP contribution in [0.4, 0.5) is 0 Å². The van der Waals surface area contributed by atoms with Crippen molar-refractivity contribution in [3.05, 3.63) is 58.7 Å². The second kappa shape index (κ2) is 10.1. The van der Waals surface area contributed by atoms with Crippen molar-refractivity contribution in [1.82, 2.24) is 14.8 Å². The van der Waals surface area contributed by atoms with Gasteiger partial charge in [-0.3, -0.25) is 9.69 Å². The van der Waals surface area contributed by atoms with Gasteiger partial charge in [-0.1, -0.05) is 23.7 Å². The Morgan fingerprint density at radius 2 is 1.86 bits per heavy atom. The first-order chi connectivity index (χ1) is 14.0. The molecule has 1 aromatic carbocycles. The van der Waals surface area contributed by atoms with Crippen LogP contribution >= 0.6 is 23.4 Å². The van der Waals surface area contributed by atoms with E-state index < -0.39 is 6.04 Å². The number of aromatic nitrogens is 1. The van der Waals surface area contributed by atoms with Gasteiger partial charge in [0.1, 0.15) is 11.1 Å². The zero-order valence-corrected chi connectivity index (χ0v) is 18.1. The van der Waals surface area contributed by atoms with E-state index in [9.17, 15) is 9.59 Å². The lowest BCUT2D eigenvalue weighted by molar-refractivity contribution is -0.150. The molecule has 1 aliphatic rings. The third kappa shape index (κ3) is 5.10. The molecule has 1 unspecified atom stereocenters. The van der Waals surface area contributed by atoms with Crippen molar-refractivity contribution in [2.75, 3.05) is 39.0 Å². The summed E-state index contributed by atoms with van der Waals surface area (Å²) in [5.41, 5.74) is 1.46. The minimum Gasteiger partial charge on any atom is -0.465 e. The molecule has 1 fully saturated rings. The molecule has 6 nitrogen and oxygen atoms in total. The Bertz CT molecular complexity index is 855. The lowest BCUT2D eigenvalue weighted by Crippen LogP contribution is -2.51. The Labute approximate surface area is 180 Å². The molecule has 0 radical (unpaired) electrons. The molecule has 0 spiro atoms. The average molecular weight is 434 g/mol. The number of amides is 1. The van der Waals surface area contributed by atoms with Gasteiger partial charge in [0.05, 0.1) is 12.2 Å². The number of rotatable bonds is 6. The Kier molecular flexibility index (Phi) is 7.52. The summed E-state index contributed by atoms with van der Waals surface area (Å²) in [7, 11) is 0. The second-order valence-corrected chi connectivity index (χ2v) is 7.83. The molecule has 154 valence electrons. The molecule has 3 rings (SSSR count). The Morgan fingerprint density at radius 3 is 2.48 bits per heavy atom. The SMILES string of the molecule is CCOC(=O)C(c1ccc(Cl)cc1)N1CCN(C(=O)c2cccnc2SC)CC1. The predicted molar refractivity (Wildman–Crippen MR) is 114 cm³/mol. The van der Waals surface area contributed by atoms with Crippen molar-refractivity contribution in [3.63, 3.8) is 0 Å². The molecule has 0 bridgehead atoms. The van der Waals surface area contributed by atoms with E-state index in [4.69, 9.17) is 16.3 Å². The van der Waals surface area contributed by atoms with Gasteiger partial charge >= 0.3 is 5.97 Å². The van der Waals surface area contributed by atoms with Gasteiger partial charge in [-0.2, -0.15) is 0 Å². The van der Waals surface area contributed by atoms with E-state index in [1.54, 1.807) is 31.3 Å². The molecule has 1 aromatic heterocycles. The molecule has 2 heterocycles. The van der Waals surface area contributed by atoms with Crippen molar-refractivity contribution in [2.24, 2.45) is 0 Å². The normalized spacial score (nSPS) is 15.8. The maximum Gasteiger partial charge on any atom is 0.328 e. The van der Waals surface area contributed by atoms with Gasteiger partial charge in [0.15, 0.2) is 0 Å². The number of hydrogen-bond acceptors (Lipinski definition) is 6. The van der Waals surface area contributed by atoms with Gasteiger partial charge in [-0.05, 0) is 43.0 Å². The van der Waals surface area contributed by atoms with Crippen molar-refractivity contribution in [2.45, 2.75) is 18.0 Å². The average Bonchev–Trinajstić information content (AvgIpc) is 2.75. The molecule has 1 saturated heterocycles. The summed E-state index contributed by atoms with van der Waals surface area (Å²) in [4.78, 5) is 33.8. The molecule has 8 heteroatoms. The fourth-order valence-electron chi connectivity index (χ4n) is 3.43. The van der Waals surface area contributed by atoms with E-state index in [2.05, 4.69) is 9.88 Å². The van der Waals surface area contributed by atoms with Crippen molar-refractivity contribution >= 4 is 35.2 Å². The Morgan fingerprint density at radius 1 is 1.17 bits per heavy atom. The monoisotopic (exact) mass is 433 g/mol.